The summed E-state index contributed by atoms with van der Waals surface area (Å²) in [6, 6.07) is 0.238. The van der Waals surface area contributed by atoms with Crippen molar-refractivity contribution in [2.45, 2.75) is 31.7 Å². The van der Waals surface area contributed by atoms with Crippen LogP contribution in [0.5, 0.6) is 0 Å². The summed E-state index contributed by atoms with van der Waals surface area (Å²) in [5.41, 5.74) is 0. The van der Waals surface area contributed by atoms with Crippen LogP contribution in [0.2, 0.25) is 0 Å². The van der Waals surface area contributed by atoms with Gasteiger partial charge < -0.3 is 10.4 Å². The van der Waals surface area contributed by atoms with Gasteiger partial charge in [-0.05, 0) is 44.2 Å². The van der Waals surface area contributed by atoms with E-state index >= 15 is 0 Å². The maximum atomic E-state index is 10.7. The lowest BCUT2D eigenvalue weighted by Crippen LogP contribution is -2.47. The minimum atomic E-state index is -0.641. The van der Waals surface area contributed by atoms with E-state index < -0.39 is 5.97 Å². The molecule has 1 fully saturated rings. The first-order valence-electron chi connectivity index (χ1n) is 5.21. The lowest BCUT2D eigenvalue weighted by Gasteiger charge is -2.34. The van der Waals surface area contributed by atoms with Gasteiger partial charge in [0.15, 0.2) is 0 Å². The van der Waals surface area contributed by atoms with Crippen molar-refractivity contribution in [3.8, 4) is 0 Å². The summed E-state index contributed by atoms with van der Waals surface area (Å²) >= 11 is 1.86. The molecule has 0 aromatic heterocycles. The van der Waals surface area contributed by atoms with Gasteiger partial charge in [0, 0.05) is 6.04 Å². The number of carboxylic acids is 1. The second-order valence-electron chi connectivity index (χ2n) is 3.78. The minimum absolute atomic E-state index is 0.129. The highest BCUT2D eigenvalue weighted by atomic mass is 32.2. The molecule has 1 rings (SSSR count). The van der Waals surface area contributed by atoms with Crippen LogP contribution in [-0.4, -0.2) is 35.7 Å². The molecule has 1 saturated carbocycles. The molecule has 0 heterocycles. The third-order valence-corrected chi connectivity index (χ3v) is 3.47. The number of carboxylic acid groups (broad SMARTS) is 1. The molecule has 4 heteroatoms. The van der Waals surface area contributed by atoms with Crippen molar-refractivity contribution in [1.29, 1.82) is 0 Å². The Labute approximate surface area is 89.6 Å². The predicted molar refractivity (Wildman–Crippen MR) is 59.8 cm³/mol. The Morgan fingerprint density at radius 1 is 1.50 bits per heavy atom. The highest BCUT2D eigenvalue weighted by Crippen LogP contribution is 2.27. The summed E-state index contributed by atoms with van der Waals surface area (Å²) in [5.74, 6) is 0.433. The molecular formula is C10H19NO2S. The fraction of sp³-hybridized carbons (Fsp3) is 0.900. The van der Waals surface area contributed by atoms with E-state index in [9.17, 15) is 4.79 Å². The largest absolute Gasteiger partial charge is 0.481 e. The molecule has 0 aromatic rings. The molecule has 0 spiro atoms. The van der Waals surface area contributed by atoms with Crippen molar-refractivity contribution in [2.24, 2.45) is 5.92 Å². The number of nitrogens with one attached hydrogen (secondary N) is 1. The predicted octanol–water partition coefficient (Wildman–Crippen LogP) is 1.58. The van der Waals surface area contributed by atoms with E-state index in [1.807, 2.05) is 11.8 Å². The summed E-state index contributed by atoms with van der Waals surface area (Å²) in [5, 5.41) is 12.1. The van der Waals surface area contributed by atoms with Crippen molar-refractivity contribution in [2.75, 3.05) is 18.6 Å². The van der Waals surface area contributed by atoms with Crippen molar-refractivity contribution >= 4 is 17.7 Å². The first-order chi connectivity index (χ1) is 6.75. The Morgan fingerprint density at radius 3 is 2.79 bits per heavy atom. The number of hydrogen-bond donors (Lipinski definition) is 2. The first kappa shape index (κ1) is 11.9. The van der Waals surface area contributed by atoms with Crippen molar-refractivity contribution < 1.29 is 9.90 Å². The van der Waals surface area contributed by atoms with Gasteiger partial charge in [-0.15, -0.1) is 0 Å². The highest BCUT2D eigenvalue weighted by Gasteiger charge is 2.35. The molecule has 1 aliphatic rings. The zero-order valence-corrected chi connectivity index (χ0v) is 9.48. The molecule has 82 valence electrons. The molecular weight excluding hydrogens is 198 g/mol. The number of thioether (sulfide) groups is 1. The summed E-state index contributed by atoms with van der Waals surface area (Å²) in [4.78, 5) is 10.7. The Morgan fingerprint density at radius 2 is 2.29 bits per heavy atom. The Hall–Kier alpha value is -0.220. The third-order valence-electron chi connectivity index (χ3n) is 2.77. The van der Waals surface area contributed by atoms with Crippen molar-refractivity contribution in [3.63, 3.8) is 0 Å². The molecule has 0 aliphatic heterocycles. The van der Waals surface area contributed by atoms with Gasteiger partial charge in [-0.1, -0.05) is 0 Å². The normalized spacial score (nSPS) is 25.8. The minimum Gasteiger partial charge on any atom is -0.481 e. The van der Waals surface area contributed by atoms with Crippen LogP contribution in [-0.2, 0) is 4.79 Å². The van der Waals surface area contributed by atoms with Gasteiger partial charge in [-0.25, -0.2) is 0 Å². The quantitative estimate of drug-likeness (QED) is 0.636. The lowest BCUT2D eigenvalue weighted by molar-refractivity contribution is -0.146. The van der Waals surface area contributed by atoms with Crippen LogP contribution in [0.3, 0.4) is 0 Å². The van der Waals surface area contributed by atoms with Crippen LogP contribution in [0, 0.1) is 5.92 Å². The zero-order chi connectivity index (χ0) is 10.4. The number of aliphatic carboxylic acids is 1. The summed E-state index contributed by atoms with van der Waals surface area (Å²) in [6.45, 7) is 0.967. The fourth-order valence-electron chi connectivity index (χ4n) is 1.70. The van der Waals surface area contributed by atoms with E-state index in [1.54, 1.807) is 0 Å². The molecule has 2 atom stereocenters. The Kier molecular flexibility index (Phi) is 5.33. The topological polar surface area (TPSA) is 49.3 Å². The van der Waals surface area contributed by atoms with E-state index in [1.165, 1.54) is 12.2 Å². The number of carbonyl (C=O) groups is 1. The lowest BCUT2D eigenvalue weighted by atomic mass is 9.79. The zero-order valence-electron chi connectivity index (χ0n) is 8.66. The van der Waals surface area contributed by atoms with Crippen LogP contribution in [0.4, 0.5) is 0 Å². The monoisotopic (exact) mass is 217 g/mol. The van der Waals surface area contributed by atoms with E-state index in [4.69, 9.17) is 5.11 Å². The van der Waals surface area contributed by atoms with Crippen LogP contribution in [0.15, 0.2) is 0 Å². The van der Waals surface area contributed by atoms with Crippen LogP contribution in [0.25, 0.3) is 0 Å². The van der Waals surface area contributed by atoms with Gasteiger partial charge in [0.1, 0.15) is 0 Å². The second-order valence-corrected chi connectivity index (χ2v) is 4.77. The average Bonchev–Trinajstić information content (AvgIpc) is 2.08. The summed E-state index contributed by atoms with van der Waals surface area (Å²) < 4.78 is 0. The van der Waals surface area contributed by atoms with E-state index in [0.29, 0.717) is 0 Å². The summed E-state index contributed by atoms with van der Waals surface area (Å²) in [6.07, 6.45) is 6.36. The summed E-state index contributed by atoms with van der Waals surface area (Å²) in [7, 11) is 0. The average molecular weight is 217 g/mol. The van der Waals surface area contributed by atoms with Gasteiger partial charge in [0.2, 0.25) is 0 Å². The van der Waals surface area contributed by atoms with Gasteiger partial charge in [-0.2, -0.15) is 11.8 Å². The van der Waals surface area contributed by atoms with Crippen LogP contribution in [0.1, 0.15) is 25.7 Å². The second kappa shape index (κ2) is 6.30. The van der Waals surface area contributed by atoms with E-state index in [-0.39, 0.29) is 12.0 Å². The molecule has 0 radical (unpaired) electrons. The molecule has 2 unspecified atom stereocenters. The highest BCUT2D eigenvalue weighted by molar-refractivity contribution is 7.98. The SMILES string of the molecule is CSCCCCNC1CCC1C(=O)O. The molecule has 0 saturated heterocycles. The molecule has 0 bridgehead atoms. The number of unbranched alkanes of at least 4 members (excludes halogenated alkanes) is 1. The van der Waals surface area contributed by atoms with E-state index in [2.05, 4.69) is 11.6 Å². The van der Waals surface area contributed by atoms with Crippen LogP contribution < -0.4 is 5.32 Å². The first-order valence-corrected chi connectivity index (χ1v) is 6.60. The van der Waals surface area contributed by atoms with Gasteiger partial charge >= 0.3 is 5.97 Å². The Balaban J connectivity index is 1.99. The molecule has 2 N–H and O–H groups in total. The standard InChI is InChI=1S/C10H19NO2S/c1-14-7-3-2-6-11-9-5-4-8(9)10(12)13/h8-9,11H,2-7H2,1H3,(H,12,13). The van der Waals surface area contributed by atoms with Crippen LogP contribution >= 0.6 is 11.8 Å². The number of rotatable bonds is 7. The van der Waals surface area contributed by atoms with Crippen molar-refractivity contribution in [1.82, 2.24) is 5.32 Å². The third kappa shape index (κ3) is 3.50. The molecule has 14 heavy (non-hydrogen) atoms. The van der Waals surface area contributed by atoms with Gasteiger partial charge in [0.05, 0.1) is 5.92 Å². The number of hydrogen-bond acceptors (Lipinski definition) is 3. The molecule has 0 aromatic carbocycles. The fourth-order valence-corrected chi connectivity index (χ4v) is 2.19. The maximum Gasteiger partial charge on any atom is 0.308 e. The maximum absolute atomic E-state index is 10.7. The Bertz CT molecular complexity index is 187. The molecule has 3 nitrogen and oxygen atoms in total. The smallest absolute Gasteiger partial charge is 0.308 e. The molecule has 0 amide bonds. The molecule has 1 aliphatic carbocycles. The van der Waals surface area contributed by atoms with E-state index in [0.717, 1.165) is 25.8 Å². The van der Waals surface area contributed by atoms with Gasteiger partial charge in [-0.3, -0.25) is 4.79 Å². The van der Waals surface area contributed by atoms with Crippen molar-refractivity contribution in [3.05, 3.63) is 0 Å². The van der Waals surface area contributed by atoms with Gasteiger partial charge in [0.25, 0.3) is 0 Å².